The number of hydrogen-bond acceptors (Lipinski definition) is 6. The second kappa shape index (κ2) is 6.16. The molecule has 0 saturated carbocycles. The molecule has 0 saturated heterocycles. The Morgan fingerprint density at radius 1 is 1.53 bits per heavy atom. The van der Waals surface area contributed by atoms with Crippen LogP contribution in [0, 0.1) is 6.92 Å². The number of carbonyl (C=O) groups excluding carboxylic acids is 1. The number of amides is 1. The van der Waals surface area contributed by atoms with Crippen LogP contribution in [-0.4, -0.2) is 31.4 Å². The smallest absolute Gasteiger partial charge is 0.236 e. The van der Waals surface area contributed by atoms with E-state index in [-0.39, 0.29) is 5.91 Å². The van der Waals surface area contributed by atoms with E-state index in [0.29, 0.717) is 10.9 Å². The molecule has 0 aliphatic heterocycles. The van der Waals surface area contributed by atoms with Gasteiger partial charge >= 0.3 is 0 Å². The van der Waals surface area contributed by atoms with Gasteiger partial charge in [0.2, 0.25) is 5.91 Å². The van der Waals surface area contributed by atoms with Crippen LogP contribution >= 0.6 is 23.1 Å². The number of nitrogens with zero attached hydrogens (tertiary/aromatic N) is 4. The summed E-state index contributed by atoms with van der Waals surface area (Å²) in [5.74, 6) is 1.13. The van der Waals surface area contributed by atoms with E-state index in [1.54, 1.807) is 0 Å². The number of hydrogen-bond donors (Lipinski definition) is 1. The lowest BCUT2D eigenvalue weighted by atomic mass is 10.5. The summed E-state index contributed by atoms with van der Waals surface area (Å²) in [6, 6.07) is 0. The maximum absolute atomic E-state index is 11.8. The largest absolute Gasteiger partial charge is 0.309 e. The Balaban J connectivity index is 1.88. The molecule has 0 bridgehead atoms. The number of rotatable bonds is 5. The molecule has 1 N–H and O–H groups in total. The molecule has 0 aliphatic carbocycles. The molecule has 1 amide bonds. The summed E-state index contributed by atoms with van der Waals surface area (Å²) in [7, 11) is 1.91. The summed E-state index contributed by atoms with van der Waals surface area (Å²) >= 11 is 2.80. The average Bonchev–Trinajstić information content (AvgIpc) is 2.93. The summed E-state index contributed by atoms with van der Waals surface area (Å²) < 4.78 is 1.91. The molecule has 0 aromatic carbocycles. The summed E-state index contributed by atoms with van der Waals surface area (Å²) in [5, 5.41) is 14.2. The first kappa shape index (κ1) is 14.0. The van der Waals surface area contributed by atoms with Crippen LogP contribution < -0.4 is 5.32 Å². The number of aryl methyl sites for hydroxylation is 2. The molecule has 2 aromatic heterocycles. The Morgan fingerprint density at radius 3 is 2.89 bits per heavy atom. The molecule has 2 rings (SSSR count). The van der Waals surface area contributed by atoms with Crippen LogP contribution in [0.25, 0.3) is 0 Å². The van der Waals surface area contributed by atoms with Gasteiger partial charge < -0.3 is 9.88 Å². The van der Waals surface area contributed by atoms with Gasteiger partial charge in [0.1, 0.15) is 5.82 Å². The van der Waals surface area contributed by atoms with Gasteiger partial charge in [0.05, 0.1) is 11.4 Å². The van der Waals surface area contributed by atoms with Crippen molar-refractivity contribution in [3.05, 3.63) is 16.9 Å². The first-order valence-corrected chi connectivity index (χ1v) is 7.69. The van der Waals surface area contributed by atoms with Gasteiger partial charge in [0.15, 0.2) is 10.3 Å². The van der Waals surface area contributed by atoms with Crippen LogP contribution in [0.1, 0.15) is 18.4 Å². The predicted octanol–water partition coefficient (Wildman–Crippen LogP) is 1.87. The highest BCUT2D eigenvalue weighted by molar-refractivity contribution is 7.99. The first-order chi connectivity index (χ1) is 9.10. The minimum Gasteiger partial charge on any atom is -0.309 e. The maximum atomic E-state index is 11.8. The Labute approximate surface area is 119 Å². The van der Waals surface area contributed by atoms with E-state index in [9.17, 15) is 4.79 Å². The quantitative estimate of drug-likeness (QED) is 0.853. The zero-order valence-electron chi connectivity index (χ0n) is 11.0. The minimum absolute atomic E-state index is 0.0830. The Hall–Kier alpha value is -1.41. The SMILES string of the molecule is CCc1nnc(SCC(=O)Nc2nc(C)cs2)n1C. The topological polar surface area (TPSA) is 72.7 Å². The summed E-state index contributed by atoms with van der Waals surface area (Å²) in [6.07, 6.45) is 0.828. The van der Waals surface area contributed by atoms with E-state index in [1.165, 1.54) is 23.1 Å². The average molecular weight is 297 g/mol. The molecule has 6 nitrogen and oxygen atoms in total. The zero-order valence-corrected chi connectivity index (χ0v) is 12.6. The monoisotopic (exact) mass is 297 g/mol. The lowest BCUT2D eigenvalue weighted by Crippen LogP contribution is -2.14. The fourth-order valence-corrected chi connectivity index (χ4v) is 2.91. The Kier molecular flexibility index (Phi) is 4.54. The van der Waals surface area contributed by atoms with Crippen molar-refractivity contribution in [2.75, 3.05) is 11.1 Å². The van der Waals surface area contributed by atoms with Gasteiger partial charge in [-0.2, -0.15) is 0 Å². The Bertz CT molecular complexity index is 577. The fourth-order valence-electron chi connectivity index (χ4n) is 1.48. The van der Waals surface area contributed by atoms with E-state index in [4.69, 9.17) is 0 Å². The maximum Gasteiger partial charge on any atom is 0.236 e. The van der Waals surface area contributed by atoms with Crippen LogP contribution in [0.4, 0.5) is 5.13 Å². The molecule has 2 aromatic rings. The second-order valence-electron chi connectivity index (χ2n) is 3.94. The molecule has 2 heterocycles. The summed E-state index contributed by atoms with van der Waals surface area (Å²) in [4.78, 5) is 15.9. The van der Waals surface area contributed by atoms with Crippen molar-refractivity contribution in [2.45, 2.75) is 25.4 Å². The third-order valence-corrected chi connectivity index (χ3v) is 4.33. The highest BCUT2D eigenvalue weighted by Gasteiger charge is 2.11. The molecular weight excluding hydrogens is 282 g/mol. The van der Waals surface area contributed by atoms with Crippen molar-refractivity contribution in [1.29, 1.82) is 0 Å². The lowest BCUT2D eigenvalue weighted by molar-refractivity contribution is -0.113. The van der Waals surface area contributed by atoms with Crippen molar-refractivity contribution in [3.63, 3.8) is 0 Å². The number of carbonyl (C=O) groups is 1. The van der Waals surface area contributed by atoms with Gasteiger partial charge in [0, 0.05) is 18.8 Å². The van der Waals surface area contributed by atoms with E-state index in [1.807, 2.05) is 30.8 Å². The molecule has 0 atom stereocenters. The number of anilines is 1. The molecular formula is C11H15N5OS2. The molecule has 0 spiro atoms. The minimum atomic E-state index is -0.0830. The predicted molar refractivity (Wildman–Crippen MR) is 76.6 cm³/mol. The number of nitrogens with one attached hydrogen (secondary N) is 1. The molecule has 0 fully saturated rings. The summed E-state index contributed by atoms with van der Waals surface area (Å²) in [5.41, 5.74) is 0.911. The fraction of sp³-hybridized carbons (Fsp3) is 0.455. The van der Waals surface area contributed by atoms with Crippen molar-refractivity contribution in [1.82, 2.24) is 19.7 Å². The lowest BCUT2D eigenvalue weighted by Gasteiger charge is -2.02. The van der Waals surface area contributed by atoms with Crippen molar-refractivity contribution < 1.29 is 4.79 Å². The second-order valence-corrected chi connectivity index (χ2v) is 5.74. The van der Waals surface area contributed by atoms with Gasteiger partial charge in [-0.3, -0.25) is 4.79 Å². The highest BCUT2D eigenvalue weighted by Crippen LogP contribution is 2.18. The van der Waals surface area contributed by atoms with Gasteiger partial charge in [-0.05, 0) is 6.92 Å². The molecule has 0 aliphatic rings. The van der Waals surface area contributed by atoms with Crippen LogP contribution in [0.5, 0.6) is 0 Å². The molecule has 0 radical (unpaired) electrons. The standard InChI is InChI=1S/C11H15N5OS2/c1-4-8-14-15-11(16(8)3)19-6-9(17)13-10-12-7(2)5-18-10/h5H,4,6H2,1-3H3,(H,12,13,17). The van der Waals surface area contributed by atoms with Crippen molar-refractivity contribution in [2.24, 2.45) is 7.05 Å². The van der Waals surface area contributed by atoms with Gasteiger partial charge in [-0.25, -0.2) is 4.98 Å². The van der Waals surface area contributed by atoms with Crippen LogP contribution in [0.2, 0.25) is 0 Å². The number of thiazole rings is 1. The van der Waals surface area contributed by atoms with Crippen LogP contribution in [-0.2, 0) is 18.3 Å². The van der Waals surface area contributed by atoms with Crippen molar-refractivity contribution >= 4 is 34.1 Å². The third-order valence-electron chi connectivity index (χ3n) is 2.44. The molecule has 102 valence electrons. The first-order valence-electron chi connectivity index (χ1n) is 5.83. The number of thioether (sulfide) groups is 1. The normalized spacial score (nSPS) is 10.7. The van der Waals surface area contributed by atoms with Gasteiger partial charge in [-0.1, -0.05) is 18.7 Å². The van der Waals surface area contributed by atoms with Crippen molar-refractivity contribution in [3.8, 4) is 0 Å². The molecule has 8 heteroatoms. The van der Waals surface area contributed by atoms with E-state index >= 15 is 0 Å². The molecule has 19 heavy (non-hydrogen) atoms. The van der Waals surface area contributed by atoms with E-state index in [0.717, 1.165) is 23.1 Å². The van der Waals surface area contributed by atoms with E-state index in [2.05, 4.69) is 20.5 Å². The Morgan fingerprint density at radius 2 is 2.32 bits per heavy atom. The zero-order chi connectivity index (χ0) is 13.8. The highest BCUT2D eigenvalue weighted by atomic mass is 32.2. The van der Waals surface area contributed by atoms with Crippen LogP contribution in [0.3, 0.4) is 0 Å². The number of aromatic nitrogens is 4. The molecule has 0 unspecified atom stereocenters. The summed E-state index contributed by atoms with van der Waals surface area (Å²) in [6.45, 7) is 3.92. The van der Waals surface area contributed by atoms with Gasteiger partial charge in [0.25, 0.3) is 0 Å². The van der Waals surface area contributed by atoms with E-state index < -0.39 is 0 Å². The van der Waals surface area contributed by atoms with Gasteiger partial charge in [-0.15, -0.1) is 21.5 Å². The third kappa shape index (κ3) is 3.54. The van der Waals surface area contributed by atoms with Crippen LogP contribution in [0.15, 0.2) is 10.5 Å².